The molecule has 1 fully saturated rings. The third kappa shape index (κ3) is 3.86. The average Bonchev–Trinajstić information content (AvgIpc) is 2.70. The number of aromatic nitrogens is 1. The molecule has 0 radical (unpaired) electrons. The van der Waals surface area contributed by atoms with Crippen LogP contribution in [0.1, 0.15) is 10.4 Å². The number of hydrogen-bond acceptors (Lipinski definition) is 4. The summed E-state index contributed by atoms with van der Waals surface area (Å²) in [7, 11) is 0. The number of amides is 1. The maximum atomic E-state index is 13.1. The molecule has 1 aliphatic heterocycles. The summed E-state index contributed by atoms with van der Waals surface area (Å²) in [5.74, 6) is 0.761. The van der Waals surface area contributed by atoms with E-state index in [2.05, 4.69) is 4.98 Å². The van der Waals surface area contributed by atoms with Crippen LogP contribution in [0, 0.1) is 0 Å². The largest absolute Gasteiger partial charge is 0.439 e. The van der Waals surface area contributed by atoms with Gasteiger partial charge in [-0.15, -0.1) is 0 Å². The van der Waals surface area contributed by atoms with Crippen LogP contribution in [0.2, 0.25) is 10.0 Å². The molecule has 0 unspecified atom stereocenters. The highest BCUT2D eigenvalue weighted by atomic mass is 35.5. The lowest BCUT2D eigenvalue weighted by Crippen LogP contribution is -2.40. The minimum absolute atomic E-state index is 0.0594. The van der Waals surface area contributed by atoms with Crippen molar-refractivity contribution in [2.24, 2.45) is 0 Å². The standard InChI is InChI=1S/C20H16Cl2N2O3/c21-16-6-5-13(11-17(16)22)27-19-12-15(14-3-1-2-4-18(14)23-19)20(25)24-7-9-26-10-8-24/h1-6,11-12H,7-10H2. The molecule has 27 heavy (non-hydrogen) atoms. The van der Waals surface area contributed by atoms with Crippen molar-refractivity contribution >= 4 is 40.0 Å². The number of halogens is 2. The molecular formula is C20H16Cl2N2O3. The Morgan fingerprint density at radius 3 is 2.59 bits per heavy atom. The van der Waals surface area contributed by atoms with Crippen molar-refractivity contribution < 1.29 is 14.3 Å². The van der Waals surface area contributed by atoms with Gasteiger partial charge in [-0.2, -0.15) is 0 Å². The number of pyridine rings is 1. The third-order valence-electron chi connectivity index (χ3n) is 4.33. The highest BCUT2D eigenvalue weighted by molar-refractivity contribution is 6.42. The first-order valence-electron chi connectivity index (χ1n) is 8.51. The fourth-order valence-corrected chi connectivity index (χ4v) is 3.27. The van der Waals surface area contributed by atoms with Crippen molar-refractivity contribution in [2.45, 2.75) is 0 Å². The Hall–Kier alpha value is -2.34. The molecule has 1 saturated heterocycles. The first kappa shape index (κ1) is 18.0. The molecule has 4 rings (SSSR count). The Balaban J connectivity index is 1.73. The lowest BCUT2D eigenvalue weighted by atomic mass is 10.1. The molecule has 1 aromatic heterocycles. The number of fused-ring (bicyclic) bond motifs is 1. The predicted molar refractivity (Wildman–Crippen MR) is 105 cm³/mol. The molecule has 1 amide bonds. The molecule has 7 heteroatoms. The van der Waals surface area contributed by atoms with E-state index in [1.165, 1.54) is 0 Å². The number of carbonyl (C=O) groups excluding carboxylic acids is 1. The van der Waals surface area contributed by atoms with E-state index in [0.29, 0.717) is 59.1 Å². The van der Waals surface area contributed by atoms with E-state index in [0.717, 1.165) is 5.39 Å². The van der Waals surface area contributed by atoms with Gasteiger partial charge >= 0.3 is 0 Å². The quantitative estimate of drug-likeness (QED) is 0.630. The van der Waals surface area contributed by atoms with Crippen molar-refractivity contribution in [2.75, 3.05) is 26.3 Å². The van der Waals surface area contributed by atoms with Gasteiger partial charge in [0.25, 0.3) is 5.91 Å². The van der Waals surface area contributed by atoms with Crippen molar-refractivity contribution in [3.05, 3.63) is 64.1 Å². The normalized spacial score (nSPS) is 14.4. The van der Waals surface area contributed by atoms with Crippen molar-refractivity contribution in [3.8, 4) is 11.6 Å². The van der Waals surface area contributed by atoms with Gasteiger partial charge in [0.15, 0.2) is 0 Å². The first-order valence-corrected chi connectivity index (χ1v) is 9.27. The number of morpholine rings is 1. The zero-order valence-electron chi connectivity index (χ0n) is 14.3. The van der Waals surface area contributed by atoms with Gasteiger partial charge in [-0.1, -0.05) is 41.4 Å². The van der Waals surface area contributed by atoms with Crippen molar-refractivity contribution in [1.29, 1.82) is 0 Å². The van der Waals surface area contributed by atoms with Crippen LogP contribution in [-0.4, -0.2) is 42.1 Å². The predicted octanol–water partition coefficient (Wildman–Crippen LogP) is 4.81. The monoisotopic (exact) mass is 402 g/mol. The van der Waals surface area contributed by atoms with E-state index < -0.39 is 0 Å². The molecule has 5 nitrogen and oxygen atoms in total. The van der Waals surface area contributed by atoms with Crippen LogP contribution < -0.4 is 4.74 Å². The highest BCUT2D eigenvalue weighted by Gasteiger charge is 2.22. The van der Waals surface area contributed by atoms with Gasteiger partial charge in [-0.05, 0) is 18.2 Å². The maximum Gasteiger partial charge on any atom is 0.254 e. The molecule has 0 spiro atoms. The zero-order chi connectivity index (χ0) is 18.8. The highest BCUT2D eigenvalue weighted by Crippen LogP contribution is 2.31. The van der Waals surface area contributed by atoms with Crippen LogP contribution in [0.5, 0.6) is 11.6 Å². The molecule has 0 aliphatic carbocycles. The molecule has 0 saturated carbocycles. The fraction of sp³-hybridized carbons (Fsp3) is 0.200. The van der Waals surface area contributed by atoms with Gasteiger partial charge in [-0.3, -0.25) is 4.79 Å². The molecule has 138 valence electrons. The molecule has 0 bridgehead atoms. The Kier molecular flexibility index (Phi) is 5.16. The Morgan fingerprint density at radius 2 is 1.81 bits per heavy atom. The van der Waals surface area contributed by atoms with E-state index in [1.807, 2.05) is 24.3 Å². The lowest BCUT2D eigenvalue weighted by Gasteiger charge is -2.27. The third-order valence-corrected chi connectivity index (χ3v) is 5.07. The van der Waals surface area contributed by atoms with Crippen molar-refractivity contribution in [3.63, 3.8) is 0 Å². The summed E-state index contributed by atoms with van der Waals surface area (Å²) in [6.07, 6.45) is 0. The van der Waals surface area contributed by atoms with Gasteiger partial charge < -0.3 is 14.4 Å². The molecular weight excluding hydrogens is 387 g/mol. The van der Waals surface area contributed by atoms with E-state index >= 15 is 0 Å². The van der Waals surface area contributed by atoms with E-state index in [4.69, 9.17) is 32.7 Å². The number of ether oxygens (including phenoxy) is 2. The van der Waals surface area contributed by atoms with Crippen LogP contribution in [0.4, 0.5) is 0 Å². The van der Waals surface area contributed by atoms with Crippen LogP contribution in [0.25, 0.3) is 10.9 Å². The fourth-order valence-electron chi connectivity index (χ4n) is 2.98. The van der Waals surface area contributed by atoms with Gasteiger partial charge in [0.2, 0.25) is 5.88 Å². The van der Waals surface area contributed by atoms with E-state index in [-0.39, 0.29) is 5.91 Å². The Labute approximate surface area is 166 Å². The lowest BCUT2D eigenvalue weighted by molar-refractivity contribution is 0.0304. The Bertz CT molecular complexity index is 1000. The average molecular weight is 403 g/mol. The summed E-state index contributed by atoms with van der Waals surface area (Å²) in [6, 6.07) is 14.1. The number of hydrogen-bond donors (Lipinski definition) is 0. The second kappa shape index (κ2) is 7.72. The Morgan fingerprint density at radius 1 is 1.04 bits per heavy atom. The molecule has 2 aromatic carbocycles. The summed E-state index contributed by atoms with van der Waals surface area (Å²) in [6.45, 7) is 2.22. The topological polar surface area (TPSA) is 51.7 Å². The van der Waals surface area contributed by atoms with Crippen LogP contribution in [-0.2, 0) is 4.74 Å². The van der Waals surface area contributed by atoms with E-state index in [9.17, 15) is 4.79 Å². The molecule has 0 N–H and O–H groups in total. The first-order chi connectivity index (χ1) is 13.1. The van der Waals surface area contributed by atoms with Crippen LogP contribution in [0.15, 0.2) is 48.5 Å². The van der Waals surface area contributed by atoms with Gasteiger partial charge in [0, 0.05) is 30.6 Å². The molecule has 1 aliphatic rings. The molecule has 3 aromatic rings. The number of benzene rings is 2. The second-order valence-electron chi connectivity index (χ2n) is 6.11. The molecule has 0 atom stereocenters. The van der Waals surface area contributed by atoms with Gasteiger partial charge in [-0.25, -0.2) is 4.98 Å². The number of nitrogens with zero attached hydrogens (tertiary/aromatic N) is 2. The minimum atomic E-state index is -0.0594. The zero-order valence-corrected chi connectivity index (χ0v) is 15.8. The van der Waals surface area contributed by atoms with Gasteiger partial charge in [0.1, 0.15) is 5.75 Å². The minimum Gasteiger partial charge on any atom is -0.439 e. The van der Waals surface area contributed by atoms with Gasteiger partial charge in [0.05, 0.1) is 34.3 Å². The SMILES string of the molecule is O=C(c1cc(Oc2ccc(Cl)c(Cl)c2)nc2ccccc12)N1CCOCC1. The van der Waals surface area contributed by atoms with E-state index in [1.54, 1.807) is 29.2 Å². The summed E-state index contributed by atoms with van der Waals surface area (Å²) < 4.78 is 11.2. The summed E-state index contributed by atoms with van der Waals surface area (Å²) >= 11 is 12.0. The summed E-state index contributed by atoms with van der Waals surface area (Å²) in [5.41, 5.74) is 1.24. The van der Waals surface area contributed by atoms with Crippen molar-refractivity contribution in [1.82, 2.24) is 9.88 Å². The van der Waals surface area contributed by atoms with Crippen LogP contribution >= 0.6 is 23.2 Å². The summed E-state index contributed by atoms with van der Waals surface area (Å²) in [4.78, 5) is 19.4. The summed E-state index contributed by atoms with van der Waals surface area (Å²) in [5, 5.41) is 1.62. The van der Waals surface area contributed by atoms with Crippen LogP contribution in [0.3, 0.4) is 0 Å². The second-order valence-corrected chi connectivity index (χ2v) is 6.92. The number of rotatable bonds is 3. The number of carbonyl (C=O) groups is 1. The smallest absolute Gasteiger partial charge is 0.254 e. The number of para-hydroxylation sites is 1. The molecule has 2 heterocycles. The maximum absolute atomic E-state index is 13.1.